The molecule has 0 radical (unpaired) electrons. The lowest BCUT2D eigenvalue weighted by molar-refractivity contribution is -0.139. The van der Waals surface area contributed by atoms with Gasteiger partial charge in [-0.05, 0) is 44.2 Å². The van der Waals surface area contributed by atoms with E-state index in [1.165, 1.54) is 0 Å². The zero-order valence-corrected chi connectivity index (χ0v) is 15.6. The SMILES string of the molecule is O=C(N1CCC(c2nc(-c3ccnc(C4CCOC4)c3)no2)CC1)C1(F)CC1. The summed E-state index contributed by atoms with van der Waals surface area (Å²) >= 11 is 0. The number of amides is 1. The summed E-state index contributed by atoms with van der Waals surface area (Å²) in [7, 11) is 0. The first kappa shape index (κ1) is 17.7. The highest BCUT2D eigenvalue weighted by Crippen LogP contribution is 2.42. The van der Waals surface area contributed by atoms with E-state index in [4.69, 9.17) is 9.26 Å². The van der Waals surface area contributed by atoms with Gasteiger partial charge >= 0.3 is 0 Å². The van der Waals surface area contributed by atoms with E-state index < -0.39 is 5.67 Å². The number of ether oxygens (including phenoxy) is 1. The highest BCUT2D eigenvalue weighted by Gasteiger charge is 2.53. The van der Waals surface area contributed by atoms with Gasteiger partial charge in [0, 0.05) is 49.0 Å². The molecule has 7 nitrogen and oxygen atoms in total. The van der Waals surface area contributed by atoms with E-state index in [2.05, 4.69) is 15.1 Å². The second-order valence-corrected chi connectivity index (χ2v) is 8.02. The number of carbonyl (C=O) groups excluding carboxylic acids is 1. The first-order chi connectivity index (χ1) is 13.6. The van der Waals surface area contributed by atoms with Gasteiger partial charge in [-0.25, -0.2) is 4.39 Å². The Hall–Kier alpha value is -2.35. The van der Waals surface area contributed by atoms with Crippen molar-refractivity contribution in [3.8, 4) is 11.4 Å². The average Bonchev–Trinajstić information content (AvgIpc) is 3.17. The van der Waals surface area contributed by atoms with E-state index >= 15 is 0 Å². The second-order valence-electron chi connectivity index (χ2n) is 8.02. The zero-order chi connectivity index (χ0) is 19.1. The van der Waals surface area contributed by atoms with Crippen molar-refractivity contribution >= 4 is 5.91 Å². The molecule has 1 amide bonds. The van der Waals surface area contributed by atoms with Gasteiger partial charge < -0.3 is 14.2 Å². The van der Waals surface area contributed by atoms with Gasteiger partial charge in [0.1, 0.15) is 0 Å². The molecule has 2 saturated heterocycles. The van der Waals surface area contributed by atoms with E-state index in [1.54, 1.807) is 11.1 Å². The third-order valence-corrected chi connectivity index (χ3v) is 6.03. The molecule has 5 rings (SSSR count). The molecule has 0 spiro atoms. The van der Waals surface area contributed by atoms with Crippen molar-refractivity contribution in [1.82, 2.24) is 20.0 Å². The molecule has 1 unspecified atom stereocenters. The van der Waals surface area contributed by atoms with Gasteiger partial charge in [-0.2, -0.15) is 4.98 Å². The molecule has 8 heteroatoms. The van der Waals surface area contributed by atoms with E-state index in [-0.39, 0.29) is 11.8 Å². The molecule has 2 aliphatic heterocycles. The minimum Gasteiger partial charge on any atom is -0.381 e. The van der Waals surface area contributed by atoms with Crippen molar-refractivity contribution in [2.75, 3.05) is 26.3 Å². The van der Waals surface area contributed by atoms with Crippen molar-refractivity contribution in [2.24, 2.45) is 0 Å². The third kappa shape index (κ3) is 3.30. The molecule has 148 valence electrons. The van der Waals surface area contributed by atoms with E-state index in [9.17, 15) is 9.18 Å². The fourth-order valence-corrected chi connectivity index (χ4v) is 4.03. The van der Waals surface area contributed by atoms with Gasteiger partial charge in [-0.1, -0.05) is 5.16 Å². The van der Waals surface area contributed by atoms with Gasteiger partial charge in [0.25, 0.3) is 5.91 Å². The first-order valence-corrected chi connectivity index (χ1v) is 9.98. The minimum absolute atomic E-state index is 0.101. The van der Waals surface area contributed by atoms with E-state index in [0.29, 0.717) is 63.0 Å². The summed E-state index contributed by atoms with van der Waals surface area (Å²) in [6.07, 6.45) is 4.90. The molecular weight excluding hydrogens is 363 g/mol. The molecule has 2 aromatic rings. The normalized spacial score (nSPS) is 24.5. The van der Waals surface area contributed by atoms with Crippen LogP contribution in [0.1, 0.15) is 55.5 Å². The average molecular weight is 386 g/mol. The van der Waals surface area contributed by atoms with Gasteiger partial charge in [0.2, 0.25) is 11.7 Å². The van der Waals surface area contributed by atoms with Crippen molar-refractivity contribution in [3.63, 3.8) is 0 Å². The summed E-state index contributed by atoms with van der Waals surface area (Å²) in [6, 6.07) is 3.89. The Morgan fingerprint density at radius 3 is 2.75 bits per heavy atom. The summed E-state index contributed by atoms with van der Waals surface area (Å²) in [5.41, 5.74) is 0.287. The molecule has 28 heavy (non-hydrogen) atoms. The lowest BCUT2D eigenvalue weighted by Crippen LogP contribution is -2.43. The maximum atomic E-state index is 14.0. The number of likely N-dealkylation sites (tertiary alicyclic amines) is 1. The summed E-state index contributed by atoms with van der Waals surface area (Å²) in [5.74, 6) is 1.21. The van der Waals surface area contributed by atoms with Crippen LogP contribution >= 0.6 is 0 Å². The van der Waals surface area contributed by atoms with E-state index in [0.717, 1.165) is 24.3 Å². The summed E-state index contributed by atoms with van der Waals surface area (Å²) < 4.78 is 25.0. The molecule has 1 aliphatic carbocycles. The van der Waals surface area contributed by atoms with E-state index in [1.807, 2.05) is 12.1 Å². The van der Waals surface area contributed by atoms with Crippen molar-refractivity contribution in [2.45, 2.75) is 49.6 Å². The van der Waals surface area contributed by atoms with Gasteiger partial charge in [0.15, 0.2) is 5.67 Å². The fourth-order valence-electron chi connectivity index (χ4n) is 4.03. The summed E-state index contributed by atoms with van der Waals surface area (Å²) in [4.78, 5) is 22.8. The number of rotatable bonds is 4. The Kier molecular flexibility index (Phi) is 4.38. The first-order valence-electron chi connectivity index (χ1n) is 9.98. The number of hydrogen-bond acceptors (Lipinski definition) is 6. The Balaban J connectivity index is 1.25. The van der Waals surface area contributed by atoms with Crippen LogP contribution in [-0.2, 0) is 9.53 Å². The number of nitrogens with zero attached hydrogens (tertiary/aromatic N) is 4. The van der Waals surface area contributed by atoms with Gasteiger partial charge in [-0.3, -0.25) is 9.78 Å². The Morgan fingerprint density at radius 2 is 2.04 bits per heavy atom. The number of aromatic nitrogens is 3. The van der Waals surface area contributed by atoms with Crippen LogP contribution in [-0.4, -0.2) is 57.9 Å². The summed E-state index contributed by atoms with van der Waals surface area (Å²) in [6.45, 7) is 2.54. The van der Waals surface area contributed by atoms with Crippen LogP contribution in [0.4, 0.5) is 4.39 Å². The highest BCUT2D eigenvalue weighted by atomic mass is 19.1. The second kappa shape index (κ2) is 6.92. The van der Waals surface area contributed by atoms with Crippen LogP contribution in [0.3, 0.4) is 0 Å². The number of hydrogen-bond donors (Lipinski definition) is 0. The van der Waals surface area contributed by atoms with Crippen molar-refractivity contribution in [3.05, 3.63) is 29.9 Å². The molecule has 1 saturated carbocycles. The van der Waals surface area contributed by atoms with Crippen LogP contribution < -0.4 is 0 Å². The molecule has 0 N–H and O–H groups in total. The van der Waals surface area contributed by atoms with Crippen molar-refractivity contribution in [1.29, 1.82) is 0 Å². The summed E-state index contributed by atoms with van der Waals surface area (Å²) in [5, 5.41) is 4.15. The number of halogens is 1. The standard InChI is InChI=1S/C20H23FN4O3/c21-20(5-6-20)19(26)25-8-2-13(3-9-25)18-23-17(24-28-18)14-1-7-22-16(11-14)15-4-10-27-12-15/h1,7,11,13,15H,2-6,8-10,12H2. The Labute approximate surface area is 162 Å². The predicted octanol–water partition coefficient (Wildman–Crippen LogP) is 2.84. The molecule has 3 fully saturated rings. The molecular formula is C20H23FN4O3. The monoisotopic (exact) mass is 386 g/mol. The number of pyridine rings is 1. The van der Waals surface area contributed by atoms with Crippen LogP contribution in [0.25, 0.3) is 11.4 Å². The maximum Gasteiger partial charge on any atom is 0.260 e. The molecule has 0 bridgehead atoms. The molecule has 0 aromatic carbocycles. The highest BCUT2D eigenvalue weighted by molar-refractivity contribution is 5.88. The number of alkyl halides is 1. The maximum absolute atomic E-state index is 14.0. The van der Waals surface area contributed by atoms with Crippen LogP contribution in [0.15, 0.2) is 22.9 Å². The molecule has 2 aromatic heterocycles. The molecule has 4 heterocycles. The Morgan fingerprint density at radius 1 is 1.21 bits per heavy atom. The third-order valence-electron chi connectivity index (χ3n) is 6.03. The van der Waals surface area contributed by atoms with Gasteiger partial charge in [-0.15, -0.1) is 0 Å². The minimum atomic E-state index is -1.59. The van der Waals surface area contributed by atoms with Gasteiger partial charge in [0.05, 0.1) is 6.61 Å². The van der Waals surface area contributed by atoms with Crippen LogP contribution in [0.2, 0.25) is 0 Å². The van der Waals surface area contributed by atoms with Crippen LogP contribution in [0, 0.1) is 0 Å². The Bertz CT molecular complexity index is 868. The predicted molar refractivity (Wildman–Crippen MR) is 97.3 cm³/mol. The smallest absolute Gasteiger partial charge is 0.260 e. The quantitative estimate of drug-likeness (QED) is 0.804. The fraction of sp³-hybridized carbons (Fsp3) is 0.600. The molecule has 3 aliphatic rings. The largest absolute Gasteiger partial charge is 0.381 e. The van der Waals surface area contributed by atoms with Crippen molar-refractivity contribution < 1.29 is 18.4 Å². The lowest BCUT2D eigenvalue weighted by atomic mass is 9.96. The lowest BCUT2D eigenvalue weighted by Gasteiger charge is -2.31. The molecule has 1 atom stereocenters. The topological polar surface area (TPSA) is 81.4 Å². The van der Waals surface area contributed by atoms with Crippen LogP contribution in [0.5, 0.6) is 0 Å². The number of carbonyl (C=O) groups is 1. The number of piperidine rings is 1. The zero-order valence-electron chi connectivity index (χ0n) is 15.6.